The lowest BCUT2D eigenvalue weighted by Gasteiger charge is -2.55. The van der Waals surface area contributed by atoms with Crippen molar-refractivity contribution in [2.75, 3.05) is 14.2 Å². The van der Waals surface area contributed by atoms with Gasteiger partial charge < -0.3 is 37.9 Å². The second-order valence-corrected chi connectivity index (χ2v) is 28.7. The van der Waals surface area contributed by atoms with Gasteiger partial charge >= 0.3 is 119 Å². The Morgan fingerprint density at radius 3 is 0.667 bits per heavy atom. The summed E-state index contributed by atoms with van der Waals surface area (Å²) < 4.78 is 560. The third-order valence-corrected chi connectivity index (χ3v) is 21.6. The van der Waals surface area contributed by atoms with Gasteiger partial charge in [-0.15, -0.1) is 0 Å². The summed E-state index contributed by atoms with van der Waals surface area (Å²) in [6, 6.07) is 16.7. The first kappa shape index (κ1) is 91.7. The van der Waals surface area contributed by atoms with Gasteiger partial charge in [-0.2, -0.15) is 158 Å². The third-order valence-electron chi connectivity index (χ3n) is 20.1. The summed E-state index contributed by atoms with van der Waals surface area (Å²) in [6.07, 6.45) is -25.9. The highest BCUT2D eigenvalue weighted by Crippen LogP contribution is 2.73. The molecule has 0 aromatic heterocycles. The summed E-state index contributed by atoms with van der Waals surface area (Å²) in [5, 5.41) is 0. The Balaban J connectivity index is 0.000000235. The van der Waals surface area contributed by atoms with Gasteiger partial charge in [0.05, 0.1) is 4.47 Å². The molecule has 4 fully saturated rings. The van der Waals surface area contributed by atoms with Gasteiger partial charge in [-0.25, -0.2) is 0 Å². The normalized spacial score (nSPS) is 27.9. The molecule has 8 aromatic carbocycles. The molecule has 4 aliphatic carbocycles. The molecule has 12 rings (SSSR count). The Morgan fingerprint density at radius 1 is 0.233 bits per heavy atom. The predicted octanol–water partition coefficient (Wildman–Crippen LogP) is 25.1. The summed E-state index contributed by atoms with van der Waals surface area (Å²) in [6.45, 7) is 3.52. The van der Waals surface area contributed by atoms with Gasteiger partial charge in [-0.05, 0) is 159 Å². The summed E-state index contributed by atoms with van der Waals surface area (Å²) in [7, 11) is 0.0461. The van der Waals surface area contributed by atoms with Crippen molar-refractivity contribution in [2.24, 2.45) is 0 Å². The fourth-order valence-corrected chi connectivity index (χ4v) is 14.1. The first-order valence-corrected chi connectivity index (χ1v) is 34.3. The van der Waals surface area contributed by atoms with Crippen LogP contribution in [0, 0.1) is 13.8 Å². The lowest BCUT2D eigenvalue weighted by molar-refractivity contribution is -0.538. The highest BCUT2D eigenvalue weighted by atomic mass is 79.9. The minimum Gasteiger partial charge on any atom is -0.448 e. The maximum Gasteiger partial charge on any atom is 0.411 e. The smallest absolute Gasteiger partial charge is 0.411 e. The molecule has 8 nitrogen and oxygen atoms in total. The number of hydrogen-bond acceptors (Lipinski definition) is 8. The average Bonchev–Trinajstić information content (AvgIpc) is 0.666. The van der Waals surface area contributed by atoms with E-state index in [1.54, 1.807) is 56.3 Å². The number of methoxy groups -OCH3 is 2. The maximum absolute atomic E-state index is 16.0. The van der Waals surface area contributed by atoms with E-state index in [1.807, 2.05) is 0 Å². The van der Waals surface area contributed by atoms with E-state index in [2.05, 4.69) is 69.8 Å². The first-order chi connectivity index (χ1) is 54.6. The molecule has 8 atom stereocenters. The minimum atomic E-state index is -6.49. The van der Waals surface area contributed by atoms with Crippen LogP contribution in [-0.2, 0) is 20.3 Å². The molecule has 0 amide bonds. The van der Waals surface area contributed by atoms with Crippen molar-refractivity contribution >= 4 is 31.9 Å². The number of aryl methyl sites for hydroxylation is 2. The Bertz CT molecular complexity index is 5150. The SMILES string of the molecule is COC1(F)C(F)(F)C(F)(F)C1(F)Oc1ccc(C(c2ccc(OC3(F)C(F)(F)C(F)(F)C3(F)Oc3ccc(-c4ccc(C)c(Br)c4)cc3Br)cc2)(C(F)(F)F)C(F)(F)F)cc1.COC1(F)C(F)(F)C(F)(F)C1(F)Oc1ccc(C(c2ccc(OC3(F)C(F)(F)C(F)(F)C3(F)Oc3ccc(-c4ccc(C)cc4)cc3)cc2)(C(F)(F)F)C(F)(F)F)cc1. The topological polar surface area (TPSA) is 73.8 Å². The lowest BCUT2D eigenvalue weighted by Crippen LogP contribution is -2.89. The van der Waals surface area contributed by atoms with E-state index in [4.69, 9.17) is 0 Å². The van der Waals surface area contributed by atoms with Gasteiger partial charge in [-0.3, -0.25) is 0 Å². The average molecular weight is 1900 g/mol. The third kappa shape index (κ3) is 12.0. The Morgan fingerprint density at radius 2 is 0.433 bits per heavy atom. The van der Waals surface area contributed by atoms with Crippen molar-refractivity contribution in [3.8, 4) is 56.8 Å². The number of ether oxygens (including phenoxy) is 8. The quantitative estimate of drug-likeness (QED) is 0.0699. The summed E-state index contributed by atoms with van der Waals surface area (Å²) in [4.78, 5) is 0. The lowest BCUT2D eigenvalue weighted by atomic mass is 9.72. The van der Waals surface area contributed by atoms with E-state index >= 15 is 17.6 Å². The molecule has 8 aromatic rings. The van der Waals surface area contributed by atoms with Gasteiger partial charge in [0.15, 0.2) is 0 Å². The molecule has 652 valence electrons. The molecular formula is C74H42Br2F36O8. The Hall–Kier alpha value is -9.08. The molecule has 0 heterocycles. The van der Waals surface area contributed by atoms with Gasteiger partial charge in [0.2, 0.25) is 10.8 Å². The van der Waals surface area contributed by atoms with Gasteiger partial charge in [0.1, 0.15) is 34.5 Å². The van der Waals surface area contributed by atoms with Gasteiger partial charge in [0, 0.05) is 18.7 Å². The van der Waals surface area contributed by atoms with Crippen molar-refractivity contribution in [1.82, 2.24) is 0 Å². The van der Waals surface area contributed by atoms with Crippen LogP contribution >= 0.6 is 31.9 Å². The monoisotopic (exact) mass is 1900 g/mol. The van der Waals surface area contributed by atoms with Crippen LogP contribution in [0.25, 0.3) is 22.3 Å². The summed E-state index contributed by atoms with van der Waals surface area (Å²) in [5.41, 5.74) is -14.7. The van der Waals surface area contributed by atoms with E-state index < -0.39 is 187 Å². The zero-order valence-corrected chi connectivity index (χ0v) is 62.1. The summed E-state index contributed by atoms with van der Waals surface area (Å²) >= 11 is 6.19. The Labute approximate surface area is 664 Å². The predicted molar refractivity (Wildman–Crippen MR) is 348 cm³/mol. The first-order valence-electron chi connectivity index (χ1n) is 32.8. The van der Waals surface area contributed by atoms with Crippen molar-refractivity contribution in [2.45, 2.75) is 144 Å². The number of hydrogen-bond donors (Lipinski definition) is 0. The molecular weight excluding hydrogens is 1860 g/mol. The molecule has 0 bridgehead atoms. The second-order valence-electron chi connectivity index (χ2n) is 27.0. The minimum absolute atomic E-state index is 0.0223. The highest BCUT2D eigenvalue weighted by Gasteiger charge is 3.06. The fraction of sp³-hybridized carbons (Fsp3) is 0.351. The molecule has 120 heavy (non-hydrogen) atoms. The van der Waals surface area contributed by atoms with Crippen LogP contribution in [0.1, 0.15) is 33.4 Å². The second kappa shape index (κ2) is 28.2. The molecule has 4 saturated carbocycles. The number of rotatable bonds is 20. The van der Waals surface area contributed by atoms with Crippen molar-refractivity contribution < 1.29 is 196 Å². The standard InChI is InChI=1S/C37H20Br2F18O4.C37H22F18O4/c1-17-3-4-18(15-24(17)38)19-5-14-26(25(39)16-19)61-35(51)31(46,47)30(44,45)34(35,50)60-23-12-8-21(9-13-23)27(36(52,53)54,37(55,56)57)20-6-10-22(11-7-20)59-33(49)29(42,43)28(40,41)32(33,48)58-2;1-19-3-5-20(6-4-19)21-7-13-24(14-8-21)58-34(48)30(42,43)31(44,45)35(34,49)59-26-17-11-23(12-18-26)27(36(50,51)52,37(53,54)55)22-9-15-25(16-10-22)57-33(47)29(40,41)28(38,39)32(33,46)56-2/h3-16H,1-2H3;3-18H,1-2H3. The van der Waals surface area contributed by atoms with Crippen LogP contribution in [0.2, 0.25) is 0 Å². The molecule has 0 radical (unpaired) electrons. The van der Waals surface area contributed by atoms with E-state index in [1.165, 1.54) is 0 Å². The van der Waals surface area contributed by atoms with E-state index in [0.717, 1.165) is 53.6 Å². The molecule has 0 saturated heterocycles. The van der Waals surface area contributed by atoms with E-state index in [9.17, 15) is 140 Å². The highest BCUT2D eigenvalue weighted by molar-refractivity contribution is 9.10. The van der Waals surface area contributed by atoms with Crippen LogP contribution < -0.4 is 28.4 Å². The Kier molecular flexibility index (Phi) is 21.6. The van der Waals surface area contributed by atoms with E-state index in [0.29, 0.717) is 26.7 Å². The zero-order chi connectivity index (χ0) is 90.3. The van der Waals surface area contributed by atoms with Crippen LogP contribution in [0.15, 0.2) is 191 Å². The number of halogens is 38. The van der Waals surface area contributed by atoms with Gasteiger partial charge in [-0.1, -0.05) is 125 Å². The van der Waals surface area contributed by atoms with E-state index in [-0.39, 0.29) is 116 Å². The van der Waals surface area contributed by atoms with Gasteiger partial charge in [0.25, 0.3) is 0 Å². The van der Waals surface area contributed by atoms with Crippen LogP contribution in [0.5, 0.6) is 34.5 Å². The van der Waals surface area contributed by atoms with Crippen molar-refractivity contribution in [1.29, 1.82) is 0 Å². The van der Waals surface area contributed by atoms with Crippen LogP contribution in [0.3, 0.4) is 0 Å². The zero-order valence-electron chi connectivity index (χ0n) is 58.9. The molecule has 0 N–H and O–H groups in total. The molecule has 0 aliphatic heterocycles. The molecule has 8 unspecified atom stereocenters. The summed E-state index contributed by atoms with van der Waals surface area (Å²) in [5.74, 6) is -99.0. The molecule has 46 heteroatoms. The number of alkyl halides is 36. The van der Waals surface area contributed by atoms with Crippen molar-refractivity contribution in [3.63, 3.8) is 0 Å². The fourth-order valence-electron chi connectivity index (χ4n) is 13.3. The van der Waals surface area contributed by atoms with Crippen LogP contribution in [0.4, 0.5) is 158 Å². The van der Waals surface area contributed by atoms with Crippen LogP contribution in [-0.4, -0.2) is 133 Å². The molecule has 4 aliphatic rings. The van der Waals surface area contributed by atoms with Crippen molar-refractivity contribution in [3.05, 3.63) is 224 Å². The largest absolute Gasteiger partial charge is 0.448 e. The maximum atomic E-state index is 16.0. The number of benzene rings is 8. The molecule has 0 spiro atoms.